The summed E-state index contributed by atoms with van der Waals surface area (Å²) in [6.07, 6.45) is 3.34. The number of likely N-dealkylation sites (tertiary alicyclic amines) is 2. The van der Waals surface area contributed by atoms with Gasteiger partial charge < -0.3 is 15.1 Å². The second kappa shape index (κ2) is 6.02. The van der Waals surface area contributed by atoms with Crippen molar-refractivity contribution in [3.63, 3.8) is 0 Å². The van der Waals surface area contributed by atoms with Gasteiger partial charge in [0.05, 0.1) is 6.04 Å². The fourth-order valence-corrected chi connectivity index (χ4v) is 3.06. The lowest BCUT2D eigenvalue weighted by Gasteiger charge is -2.34. The van der Waals surface area contributed by atoms with Gasteiger partial charge in [-0.15, -0.1) is 0 Å². The Balaban J connectivity index is 1.72. The van der Waals surface area contributed by atoms with Crippen LogP contribution < -0.4 is 5.32 Å². The largest absolute Gasteiger partial charge is 0.344 e. The number of likely N-dealkylation sites (N-methyl/N-ethyl adjacent to an activating group) is 1. The van der Waals surface area contributed by atoms with Crippen LogP contribution >= 0.6 is 0 Å². The third-order valence-electron chi connectivity index (χ3n) is 4.08. The number of nitrogens with one attached hydrogen (secondary N) is 1. The molecule has 0 bridgehead atoms. The second-order valence-corrected chi connectivity index (χ2v) is 6.24. The van der Waals surface area contributed by atoms with E-state index in [9.17, 15) is 4.79 Å². The molecule has 2 rings (SSSR count). The van der Waals surface area contributed by atoms with E-state index in [1.54, 1.807) is 0 Å². The summed E-state index contributed by atoms with van der Waals surface area (Å²) < 4.78 is 0. The molecule has 4 heteroatoms. The molecule has 2 aliphatic rings. The van der Waals surface area contributed by atoms with Crippen LogP contribution in [0, 0.1) is 5.92 Å². The molecule has 1 N–H and O–H groups in total. The van der Waals surface area contributed by atoms with Gasteiger partial charge in [-0.3, -0.25) is 4.79 Å². The molecule has 0 spiro atoms. The summed E-state index contributed by atoms with van der Waals surface area (Å²) in [5, 5.41) is 3.55. The Labute approximate surface area is 111 Å². The van der Waals surface area contributed by atoms with Gasteiger partial charge in [0.1, 0.15) is 0 Å². The van der Waals surface area contributed by atoms with Gasteiger partial charge in [0, 0.05) is 26.2 Å². The van der Waals surface area contributed by atoms with Crippen molar-refractivity contribution in [2.24, 2.45) is 5.92 Å². The number of hydrogen-bond donors (Lipinski definition) is 1. The molecule has 104 valence electrons. The SMILES string of the molecule is CC(C)CN1CCC(NC2CCN(C)C2=O)CC1. The summed E-state index contributed by atoms with van der Waals surface area (Å²) in [6, 6.07) is 0.616. The monoisotopic (exact) mass is 253 g/mol. The number of hydrogen-bond acceptors (Lipinski definition) is 3. The van der Waals surface area contributed by atoms with Crippen LogP contribution in [0.25, 0.3) is 0 Å². The van der Waals surface area contributed by atoms with Crippen LogP contribution in [0.15, 0.2) is 0 Å². The van der Waals surface area contributed by atoms with E-state index in [4.69, 9.17) is 0 Å². The van der Waals surface area contributed by atoms with Gasteiger partial charge in [-0.25, -0.2) is 0 Å². The highest BCUT2D eigenvalue weighted by Crippen LogP contribution is 2.16. The Kier molecular flexibility index (Phi) is 4.62. The Morgan fingerprint density at radius 3 is 2.39 bits per heavy atom. The molecule has 1 unspecified atom stereocenters. The van der Waals surface area contributed by atoms with Gasteiger partial charge in [0.2, 0.25) is 5.91 Å². The molecule has 0 aromatic rings. The highest BCUT2D eigenvalue weighted by Gasteiger charge is 2.31. The molecule has 0 radical (unpaired) electrons. The van der Waals surface area contributed by atoms with Gasteiger partial charge >= 0.3 is 0 Å². The quantitative estimate of drug-likeness (QED) is 0.809. The maximum Gasteiger partial charge on any atom is 0.239 e. The van der Waals surface area contributed by atoms with E-state index < -0.39 is 0 Å². The summed E-state index contributed by atoms with van der Waals surface area (Å²) in [5.74, 6) is 1.03. The van der Waals surface area contributed by atoms with Crippen molar-refractivity contribution in [3.05, 3.63) is 0 Å². The summed E-state index contributed by atoms with van der Waals surface area (Å²) in [7, 11) is 1.90. The Bertz CT molecular complexity index is 285. The topological polar surface area (TPSA) is 35.6 Å². The minimum atomic E-state index is 0.0802. The van der Waals surface area contributed by atoms with Crippen molar-refractivity contribution in [3.8, 4) is 0 Å². The predicted molar refractivity (Wildman–Crippen MR) is 73.5 cm³/mol. The highest BCUT2D eigenvalue weighted by atomic mass is 16.2. The molecule has 0 saturated carbocycles. The van der Waals surface area contributed by atoms with Crippen LogP contribution in [-0.4, -0.2) is 61.0 Å². The van der Waals surface area contributed by atoms with E-state index in [1.165, 1.54) is 32.5 Å². The molecule has 2 heterocycles. The lowest BCUT2D eigenvalue weighted by molar-refractivity contribution is -0.128. The molecular weight excluding hydrogens is 226 g/mol. The fourth-order valence-electron chi connectivity index (χ4n) is 3.06. The molecule has 2 saturated heterocycles. The number of nitrogens with zero attached hydrogens (tertiary/aromatic N) is 2. The van der Waals surface area contributed by atoms with Crippen LogP contribution in [0.3, 0.4) is 0 Å². The lowest BCUT2D eigenvalue weighted by atomic mass is 10.0. The molecule has 2 aliphatic heterocycles. The average molecular weight is 253 g/mol. The molecule has 2 fully saturated rings. The maximum absolute atomic E-state index is 11.8. The van der Waals surface area contributed by atoms with E-state index in [-0.39, 0.29) is 11.9 Å². The number of carbonyl (C=O) groups is 1. The van der Waals surface area contributed by atoms with E-state index in [2.05, 4.69) is 24.1 Å². The summed E-state index contributed by atoms with van der Waals surface area (Å²) in [6.45, 7) is 9.01. The standard InChI is InChI=1S/C14H27N3O/c1-11(2)10-17-8-4-12(5-9-17)15-13-6-7-16(3)14(13)18/h11-13,15H,4-10H2,1-3H3. The summed E-state index contributed by atoms with van der Waals surface area (Å²) >= 11 is 0. The van der Waals surface area contributed by atoms with Gasteiger partial charge in [-0.2, -0.15) is 0 Å². The first kappa shape index (κ1) is 13.8. The van der Waals surface area contributed by atoms with Crippen LogP contribution in [0.5, 0.6) is 0 Å². The number of rotatable bonds is 4. The Morgan fingerprint density at radius 1 is 1.22 bits per heavy atom. The van der Waals surface area contributed by atoms with Crippen LogP contribution in [0.4, 0.5) is 0 Å². The summed E-state index contributed by atoms with van der Waals surface area (Å²) in [5.41, 5.74) is 0. The van der Waals surface area contributed by atoms with Crippen molar-refractivity contribution < 1.29 is 4.79 Å². The number of piperidine rings is 1. The van der Waals surface area contributed by atoms with Crippen molar-refractivity contribution in [1.29, 1.82) is 0 Å². The Hall–Kier alpha value is -0.610. The molecule has 1 atom stereocenters. The van der Waals surface area contributed by atoms with Crippen LogP contribution in [0.2, 0.25) is 0 Å². The van der Waals surface area contributed by atoms with Gasteiger partial charge in [-0.1, -0.05) is 13.8 Å². The van der Waals surface area contributed by atoms with Crippen molar-refractivity contribution in [2.75, 3.05) is 33.2 Å². The summed E-state index contributed by atoms with van der Waals surface area (Å²) in [4.78, 5) is 16.2. The van der Waals surface area contributed by atoms with Crippen LogP contribution in [0.1, 0.15) is 33.1 Å². The Morgan fingerprint density at radius 2 is 1.89 bits per heavy atom. The molecule has 0 aromatic carbocycles. The number of carbonyl (C=O) groups excluding carboxylic acids is 1. The van der Waals surface area contributed by atoms with Crippen molar-refractivity contribution in [2.45, 2.75) is 45.2 Å². The molecule has 0 aromatic heterocycles. The van der Waals surface area contributed by atoms with E-state index in [0.717, 1.165) is 18.9 Å². The van der Waals surface area contributed by atoms with E-state index in [0.29, 0.717) is 6.04 Å². The number of amides is 1. The molecular formula is C14H27N3O. The predicted octanol–water partition coefficient (Wildman–Crippen LogP) is 0.927. The lowest BCUT2D eigenvalue weighted by Crippen LogP contribution is -2.48. The normalized spacial score (nSPS) is 27.4. The van der Waals surface area contributed by atoms with Crippen molar-refractivity contribution >= 4 is 5.91 Å². The minimum absolute atomic E-state index is 0.0802. The second-order valence-electron chi connectivity index (χ2n) is 6.24. The highest BCUT2D eigenvalue weighted by molar-refractivity contribution is 5.83. The molecule has 4 nitrogen and oxygen atoms in total. The minimum Gasteiger partial charge on any atom is -0.344 e. The van der Waals surface area contributed by atoms with E-state index >= 15 is 0 Å². The smallest absolute Gasteiger partial charge is 0.239 e. The van der Waals surface area contributed by atoms with Gasteiger partial charge in [-0.05, 0) is 38.3 Å². The molecule has 18 heavy (non-hydrogen) atoms. The van der Waals surface area contributed by atoms with Crippen LogP contribution in [-0.2, 0) is 4.79 Å². The van der Waals surface area contributed by atoms with Crippen molar-refractivity contribution in [1.82, 2.24) is 15.1 Å². The average Bonchev–Trinajstić information content (AvgIpc) is 2.63. The molecule has 0 aliphatic carbocycles. The maximum atomic E-state index is 11.8. The zero-order valence-corrected chi connectivity index (χ0v) is 12.0. The van der Waals surface area contributed by atoms with Gasteiger partial charge in [0.25, 0.3) is 0 Å². The molecule has 1 amide bonds. The third-order valence-corrected chi connectivity index (χ3v) is 4.08. The van der Waals surface area contributed by atoms with Gasteiger partial charge in [0.15, 0.2) is 0 Å². The first-order valence-corrected chi connectivity index (χ1v) is 7.29. The first-order valence-electron chi connectivity index (χ1n) is 7.29. The zero-order chi connectivity index (χ0) is 13.1. The first-order chi connectivity index (χ1) is 8.56. The fraction of sp³-hybridized carbons (Fsp3) is 0.929. The zero-order valence-electron chi connectivity index (χ0n) is 12.0. The van der Waals surface area contributed by atoms with E-state index in [1.807, 2.05) is 11.9 Å². The third kappa shape index (κ3) is 3.45.